The fourth-order valence-corrected chi connectivity index (χ4v) is 1.71. The average molecular weight is 251 g/mol. The molecule has 0 saturated heterocycles. The molecule has 100 valence electrons. The predicted octanol–water partition coefficient (Wildman–Crippen LogP) is 2.08. The summed E-state index contributed by atoms with van der Waals surface area (Å²) in [5, 5.41) is 11.8. The molecule has 0 aliphatic heterocycles. The molecular weight excluding hydrogens is 230 g/mol. The first-order valence-electron chi connectivity index (χ1n) is 6.28. The van der Waals surface area contributed by atoms with E-state index >= 15 is 0 Å². The number of hydrogen-bond donors (Lipinski definition) is 2. The summed E-state index contributed by atoms with van der Waals surface area (Å²) >= 11 is 0. The third-order valence-corrected chi connectivity index (χ3v) is 2.72. The Bertz CT molecular complexity index is 366. The number of carbonyl (C=O) groups is 1. The molecule has 4 heteroatoms. The second-order valence-electron chi connectivity index (χ2n) is 4.20. The van der Waals surface area contributed by atoms with Crippen LogP contribution in [-0.2, 0) is 11.2 Å². The average Bonchev–Trinajstić information content (AvgIpc) is 2.37. The van der Waals surface area contributed by atoms with Gasteiger partial charge in [-0.2, -0.15) is 0 Å². The van der Waals surface area contributed by atoms with Crippen LogP contribution in [-0.4, -0.2) is 31.3 Å². The molecule has 0 bridgehead atoms. The molecule has 0 aliphatic rings. The minimum Gasteiger partial charge on any atom is -0.497 e. The zero-order chi connectivity index (χ0) is 13.2. The van der Waals surface area contributed by atoms with Gasteiger partial charge >= 0.3 is 5.97 Å². The second-order valence-corrected chi connectivity index (χ2v) is 4.20. The summed E-state index contributed by atoms with van der Waals surface area (Å²) in [7, 11) is 1.67. The molecule has 0 spiro atoms. The standard InChI is InChI=1S/C14H21NO3/c1-18-13-6-4-5-12(11-13)8-10-15-9-3-2-7-14(16)17/h4-6,11,15H,2-3,7-10H2,1H3,(H,16,17). The van der Waals surface area contributed by atoms with Gasteiger partial charge in [-0.1, -0.05) is 12.1 Å². The highest BCUT2D eigenvalue weighted by Crippen LogP contribution is 2.12. The maximum Gasteiger partial charge on any atom is 0.303 e. The van der Waals surface area contributed by atoms with E-state index in [1.54, 1.807) is 7.11 Å². The summed E-state index contributed by atoms with van der Waals surface area (Å²) in [5.74, 6) is 0.167. The topological polar surface area (TPSA) is 58.6 Å². The Kier molecular flexibility index (Phi) is 6.87. The van der Waals surface area contributed by atoms with Gasteiger partial charge in [0.2, 0.25) is 0 Å². The van der Waals surface area contributed by atoms with Crippen LogP contribution >= 0.6 is 0 Å². The second kappa shape index (κ2) is 8.53. The van der Waals surface area contributed by atoms with E-state index in [4.69, 9.17) is 9.84 Å². The number of hydrogen-bond acceptors (Lipinski definition) is 3. The van der Waals surface area contributed by atoms with Gasteiger partial charge in [-0.05, 0) is 50.0 Å². The Morgan fingerprint density at radius 3 is 2.89 bits per heavy atom. The lowest BCUT2D eigenvalue weighted by Gasteiger charge is -2.06. The van der Waals surface area contributed by atoms with Crippen molar-refractivity contribution < 1.29 is 14.6 Å². The predicted molar refractivity (Wildman–Crippen MR) is 71.1 cm³/mol. The lowest BCUT2D eigenvalue weighted by molar-refractivity contribution is -0.137. The van der Waals surface area contributed by atoms with E-state index < -0.39 is 5.97 Å². The summed E-state index contributed by atoms with van der Waals surface area (Å²) in [6, 6.07) is 8.03. The van der Waals surface area contributed by atoms with Crippen molar-refractivity contribution in [1.29, 1.82) is 0 Å². The van der Waals surface area contributed by atoms with Crippen molar-refractivity contribution in [3.63, 3.8) is 0 Å². The molecule has 1 rings (SSSR count). The van der Waals surface area contributed by atoms with Gasteiger partial charge in [-0.25, -0.2) is 0 Å². The molecule has 0 fully saturated rings. The maximum absolute atomic E-state index is 10.3. The molecule has 0 aliphatic carbocycles. The minimum atomic E-state index is -0.716. The van der Waals surface area contributed by atoms with Crippen LogP contribution in [0.2, 0.25) is 0 Å². The molecule has 0 aromatic heterocycles. The highest BCUT2D eigenvalue weighted by Gasteiger charge is 1.97. The number of carboxylic acids is 1. The monoisotopic (exact) mass is 251 g/mol. The molecular formula is C14H21NO3. The van der Waals surface area contributed by atoms with Crippen LogP contribution in [0.3, 0.4) is 0 Å². The number of methoxy groups -OCH3 is 1. The van der Waals surface area contributed by atoms with Crippen LogP contribution in [0.15, 0.2) is 24.3 Å². The minimum absolute atomic E-state index is 0.261. The van der Waals surface area contributed by atoms with Crippen LogP contribution in [0.25, 0.3) is 0 Å². The molecule has 0 radical (unpaired) electrons. The summed E-state index contributed by atoms with van der Waals surface area (Å²) in [4.78, 5) is 10.3. The SMILES string of the molecule is COc1cccc(CCNCCCCC(=O)O)c1. The van der Waals surface area contributed by atoms with Gasteiger partial charge < -0.3 is 15.2 Å². The van der Waals surface area contributed by atoms with E-state index in [1.807, 2.05) is 18.2 Å². The zero-order valence-electron chi connectivity index (χ0n) is 10.8. The van der Waals surface area contributed by atoms with Crippen molar-refractivity contribution in [3.8, 4) is 5.75 Å². The lowest BCUT2D eigenvalue weighted by atomic mass is 10.1. The van der Waals surface area contributed by atoms with Gasteiger partial charge in [0.15, 0.2) is 0 Å². The summed E-state index contributed by atoms with van der Waals surface area (Å²) in [5.41, 5.74) is 1.24. The lowest BCUT2D eigenvalue weighted by Crippen LogP contribution is -2.18. The molecule has 0 heterocycles. The van der Waals surface area contributed by atoms with E-state index in [0.717, 1.165) is 38.1 Å². The highest BCUT2D eigenvalue weighted by atomic mass is 16.5. The van der Waals surface area contributed by atoms with E-state index in [9.17, 15) is 4.79 Å². The van der Waals surface area contributed by atoms with Crippen molar-refractivity contribution in [2.24, 2.45) is 0 Å². The number of benzene rings is 1. The third kappa shape index (κ3) is 6.25. The Hall–Kier alpha value is -1.55. The number of nitrogens with one attached hydrogen (secondary N) is 1. The maximum atomic E-state index is 10.3. The Balaban J connectivity index is 2.08. The molecule has 1 aromatic carbocycles. The van der Waals surface area contributed by atoms with Crippen molar-refractivity contribution >= 4 is 5.97 Å². The number of unbranched alkanes of at least 4 members (excludes halogenated alkanes) is 1. The third-order valence-electron chi connectivity index (χ3n) is 2.72. The number of ether oxygens (including phenoxy) is 1. The fourth-order valence-electron chi connectivity index (χ4n) is 1.71. The van der Waals surface area contributed by atoms with Crippen LogP contribution in [0.1, 0.15) is 24.8 Å². The van der Waals surface area contributed by atoms with Crippen LogP contribution in [0.4, 0.5) is 0 Å². The van der Waals surface area contributed by atoms with Gasteiger partial charge in [-0.3, -0.25) is 4.79 Å². The molecule has 0 unspecified atom stereocenters. The van der Waals surface area contributed by atoms with Gasteiger partial charge in [0.1, 0.15) is 5.75 Å². The Labute approximate surface area is 108 Å². The van der Waals surface area contributed by atoms with Gasteiger partial charge in [-0.15, -0.1) is 0 Å². The quantitative estimate of drug-likeness (QED) is 0.660. The van der Waals surface area contributed by atoms with Crippen LogP contribution < -0.4 is 10.1 Å². The van der Waals surface area contributed by atoms with Gasteiger partial charge in [0, 0.05) is 6.42 Å². The number of rotatable bonds is 9. The normalized spacial score (nSPS) is 10.3. The smallest absolute Gasteiger partial charge is 0.303 e. The first-order chi connectivity index (χ1) is 8.72. The van der Waals surface area contributed by atoms with Gasteiger partial charge in [0.05, 0.1) is 7.11 Å². The molecule has 1 aromatic rings. The molecule has 0 saturated carbocycles. The van der Waals surface area contributed by atoms with E-state index in [1.165, 1.54) is 5.56 Å². The summed E-state index contributed by atoms with van der Waals surface area (Å²) in [6.07, 6.45) is 2.86. The summed E-state index contributed by atoms with van der Waals surface area (Å²) in [6.45, 7) is 1.78. The van der Waals surface area contributed by atoms with Crippen LogP contribution in [0, 0.1) is 0 Å². The first kappa shape index (κ1) is 14.5. The van der Waals surface area contributed by atoms with E-state index in [0.29, 0.717) is 0 Å². The highest BCUT2D eigenvalue weighted by molar-refractivity contribution is 5.66. The molecule has 0 amide bonds. The van der Waals surface area contributed by atoms with Crippen molar-refractivity contribution in [1.82, 2.24) is 5.32 Å². The van der Waals surface area contributed by atoms with Crippen LogP contribution in [0.5, 0.6) is 5.75 Å². The first-order valence-corrected chi connectivity index (χ1v) is 6.28. The van der Waals surface area contributed by atoms with E-state index in [-0.39, 0.29) is 6.42 Å². The Morgan fingerprint density at radius 2 is 2.17 bits per heavy atom. The van der Waals surface area contributed by atoms with E-state index in [2.05, 4.69) is 11.4 Å². The zero-order valence-corrected chi connectivity index (χ0v) is 10.8. The molecule has 0 atom stereocenters. The Morgan fingerprint density at radius 1 is 1.33 bits per heavy atom. The molecule has 2 N–H and O–H groups in total. The number of aliphatic carboxylic acids is 1. The van der Waals surface area contributed by atoms with Crippen molar-refractivity contribution in [2.45, 2.75) is 25.7 Å². The summed E-state index contributed by atoms with van der Waals surface area (Å²) < 4.78 is 5.16. The van der Waals surface area contributed by atoms with Crippen molar-refractivity contribution in [3.05, 3.63) is 29.8 Å². The van der Waals surface area contributed by atoms with Crippen molar-refractivity contribution in [2.75, 3.05) is 20.2 Å². The molecule has 4 nitrogen and oxygen atoms in total. The fraction of sp³-hybridized carbons (Fsp3) is 0.500. The number of carboxylic acid groups (broad SMARTS) is 1. The molecule has 18 heavy (non-hydrogen) atoms. The largest absolute Gasteiger partial charge is 0.497 e. The van der Waals surface area contributed by atoms with Gasteiger partial charge in [0.25, 0.3) is 0 Å².